The molecule has 0 amide bonds. The summed E-state index contributed by atoms with van der Waals surface area (Å²) in [4.78, 5) is 0. The van der Waals surface area contributed by atoms with Crippen molar-refractivity contribution in [1.82, 2.24) is 0 Å². The standard InChI is InChI=1S/C17H19NO3/c1-19-12-5-3-11(4-6-12)16-10-15(18)14-8-7-13(20-2)9-17(14)21-16/h3-9,15-16H,10,18H2,1-2H3. The van der Waals surface area contributed by atoms with Crippen molar-refractivity contribution in [3.63, 3.8) is 0 Å². The highest BCUT2D eigenvalue weighted by molar-refractivity contribution is 5.44. The Kier molecular flexibility index (Phi) is 3.71. The Morgan fingerprint density at radius 3 is 2.33 bits per heavy atom. The summed E-state index contributed by atoms with van der Waals surface area (Å²) in [5.41, 5.74) is 8.40. The van der Waals surface area contributed by atoms with Gasteiger partial charge >= 0.3 is 0 Å². The van der Waals surface area contributed by atoms with Crippen molar-refractivity contribution in [2.45, 2.75) is 18.6 Å². The van der Waals surface area contributed by atoms with E-state index in [0.717, 1.165) is 34.8 Å². The van der Waals surface area contributed by atoms with Crippen LogP contribution in [0.5, 0.6) is 17.2 Å². The SMILES string of the molecule is COc1ccc(C2CC(N)c3ccc(OC)cc3O2)cc1. The van der Waals surface area contributed by atoms with Crippen molar-refractivity contribution < 1.29 is 14.2 Å². The summed E-state index contributed by atoms with van der Waals surface area (Å²) in [5.74, 6) is 2.41. The molecular formula is C17H19NO3. The normalized spacial score (nSPS) is 20.3. The van der Waals surface area contributed by atoms with Crippen molar-refractivity contribution in [2.75, 3.05) is 14.2 Å². The summed E-state index contributed by atoms with van der Waals surface area (Å²) in [7, 11) is 3.30. The lowest BCUT2D eigenvalue weighted by Crippen LogP contribution is -2.24. The van der Waals surface area contributed by atoms with E-state index in [2.05, 4.69) is 0 Å². The molecule has 0 spiro atoms. The van der Waals surface area contributed by atoms with Gasteiger partial charge in [-0.1, -0.05) is 18.2 Å². The van der Waals surface area contributed by atoms with E-state index < -0.39 is 0 Å². The first kappa shape index (κ1) is 13.8. The van der Waals surface area contributed by atoms with Gasteiger partial charge in [0.25, 0.3) is 0 Å². The first-order valence-electron chi connectivity index (χ1n) is 6.95. The van der Waals surface area contributed by atoms with Gasteiger partial charge in [-0.25, -0.2) is 0 Å². The molecule has 0 fully saturated rings. The minimum atomic E-state index is -0.0505. The Hall–Kier alpha value is -2.20. The molecule has 110 valence electrons. The van der Waals surface area contributed by atoms with Gasteiger partial charge in [0, 0.05) is 24.1 Å². The van der Waals surface area contributed by atoms with Crippen LogP contribution in [0.4, 0.5) is 0 Å². The van der Waals surface area contributed by atoms with E-state index in [4.69, 9.17) is 19.9 Å². The third-order valence-corrected chi connectivity index (χ3v) is 3.85. The van der Waals surface area contributed by atoms with Gasteiger partial charge in [0.1, 0.15) is 23.4 Å². The minimum Gasteiger partial charge on any atom is -0.497 e. The molecule has 0 aliphatic carbocycles. The molecule has 1 aliphatic rings. The van der Waals surface area contributed by atoms with E-state index in [0.29, 0.717) is 0 Å². The maximum absolute atomic E-state index is 6.28. The van der Waals surface area contributed by atoms with E-state index in [1.165, 1.54) is 0 Å². The zero-order chi connectivity index (χ0) is 14.8. The van der Waals surface area contributed by atoms with Gasteiger partial charge in [-0.05, 0) is 23.8 Å². The van der Waals surface area contributed by atoms with Crippen LogP contribution in [0.1, 0.15) is 29.7 Å². The Balaban J connectivity index is 1.89. The van der Waals surface area contributed by atoms with E-state index in [9.17, 15) is 0 Å². The molecule has 4 heteroatoms. The van der Waals surface area contributed by atoms with Crippen LogP contribution in [-0.2, 0) is 0 Å². The van der Waals surface area contributed by atoms with Crippen LogP contribution in [0.3, 0.4) is 0 Å². The van der Waals surface area contributed by atoms with Crippen LogP contribution in [0.2, 0.25) is 0 Å². The zero-order valence-electron chi connectivity index (χ0n) is 12.2. The highest BCUT2D eigenvalue weighted by Crippen LogP contribution is 2.41. The molecule has 0 bridgehead atoms. The van der Waals surface area contributed by atoms with Gasteiger partial charge in [-0.3, -0.25) is 0 Å². The lowest BCUT2D eigenvalue weighted by Gasteiger charge is -2.30. The Bertz CT molecular complexity index is 624. The molecule has 2 atom stereocenters. The second-order valence-corrected chi connectivity index (χ2v) is 5.13. The predicted molar refractivity (Wildman–Crippen MR) is 80.9 cm³/mol. The van der Waals surface area contributed by atoms with Crippen molar-refractivity contribution in [3.8, 4) is 17.2 Å². The summed E-state index contributed by atoms with van der Waals surface area (Å²) < 4.78 is 16.5. The number of ether oxygens (including phenoxy) is 3. The van der Waals surface area contributed by atoms with Gasteiger partial charge in [-0.15, -0.1) is 0 Å². The quantitative estimate of drug-likeness (QED) is 0.940. The molecule has 2 N–H and O–H groups in total. The number of rotatable bonds is 3. The van der Waals surface area contributed by atoms with Crippen molar-refractivity contribution in [3.05, 3.63) is 53.6 Å². The fourth-order valence-corrected chi connectivity index (χ4v) is 2.63. The molecule has 2 unspecified atom stereocenters. The lowest BCUT2D eigenvalue weighted by atomic mass is 9.93. The maximum atomic E-state index is 6.28. The Morgan fingerprint density at radius 2 is 1.67 bits per heavy atom. The third kappa shape index (κ3) is 2.67. The summed E-state index contributed by atoms with van der Waals surface area (Å²) in [6.07, 6.45) is 0.705. The number of benzene rings is 2. The molecule has 1 heterocycles. The average molecular weight is 285 g/mol. The second kappa shape index (κ2) is 5.66. The number of hydrogen-bond donors (Lipinski definition) is 1. The Labute approximate surface area is 124 Å². The van der Waals surface area contributed by atoms with Crippen LogP contribution >= 0.6 is 0 Å². The monoisotopic (exact) mass is 285 g/mol. The van der Waals surface area contributed by atoms with Crippen LogP contribution in [0, 0.1) is 0 Å². The largest absolute Gasteiger partial charge is 0.497 e. The molecule has 2 aromatic carbocycles. The van der Waals surface area contributed by atoms with Gasteiger partial charge < -0.3 is 19.9 Å². The van der Waals surface area contributed by atoms with Gasteiger partial charge in [-0.2, -0.15) is 0 Å². The van der Waals surface area contributed by atoms with E-state index in [1.807, 2.05) is 42.5 Å². The molecule has 2 aromatic rings. The Morgan fingerprint density at radius 1 is 1.00 bits per heavy atom. The van der Waals surface area contributed by atoms with Crippen molar-refractivity contribution in [2.24, 2.45) is 5.73 Å². The molecule has 3 rings (SSSR count). The number of hydrogen-bond acceptors (Lipinski definition) is 4. The predicted octanol–water partition coefficient (Wildman–Crippen LogP) is 3.23. The summed E-state index contributed by atoms with van der Waals surface area (Å²) in [5, 5.41) is 0. The van der Waals surface area contributed by atoms with Gasteiger partial charge in [0.15, 0.2) is 0 Å². The van der Waals surface area contributed by atoms with E-state index in [1.54, 1.807) is 14.2 Å². The topological polar surface area (TPSA) is 53.7 Å². The van der Waals surface area contributed by atoms with E-state index >= 15 is 0 Å². The minimum absolute atomic E-state index is 0.0354. The smallest absolute Gasteiger partial charge is 0.128 e. The second-order valence-electron chi connectivity index (χ2n) is 5.13. The number of fused-ring (bicyclic) bond motifs is 1. The van der Waals surface area contributed by atoms with E-state index in [-0.39, 0.29) is 12.1 Å². The molecule has 0 aromatic heterocycles. The maximum Gasteiger partial charge on any atom is 0.128 e. The number of methoxy groups -OCH3 is 2. The average Bonchev–Trinajstić information content (AvgIpc) is 2.54. The van der Waals surface area contributed by atoms with Crippen molar-refractivity contribution in [1.29, 1.82) is 0 Å². The zero-order valence-corrected chi connectivity index (χ0v) is 12.2. The number of nitrogens with two attached hydrogens (primary N) is 1. The highest BCUT2D eigenvalue weighted by Gasteiger charge is 2.27. The third-order valence-electron chi connectivity index (χ3n) is 3.85. The molecule has 1 aliphatic heterocycles. The summed E-state index contributed by atoms with van der Waals surface area (Å²) in [6, 6.07) is 13.6. The molecule has 0 saturated carbocycles. The fourth-order valence-electron chi connectivity index (χ4n) is 2.63. The van der Waals surface area contributed by atoms with Crippen LogP contribution < -0.4 is 19.9 Å². The van der Waals surface area contributed by atoms with Crippen LogP contribution in [0.25, 0.3) is 0 Å². The first-order valence-corrected chi connectivity index (χ1v) is 6.95. The van der Waals surface area contributed by atoms with Crippen LogP contribution in [-0.4, -0.2) is 14.2 Å². The fraction of sp³-hybridized carbons (Fsp3) is 0.294. The molecule has 4 nitrogen and oxygen atoms in total. The molecule has 0 saturated heterocycles. The summed E-state index contributed by atoms with van der Waals surface area (Å²) >= 11 is 0. The molecule has 21 heavy (non-hydrogen) atoms. The lowest BCUT2D eigenvalue weighted by molar-refractivity contribution is 0.161. The molecule has 0 radical (unpaired) electrons. The summed E-state index contributed by atoms with van der Waals surface area (Å²) in [6.45, 7) is 0. The van der Waals surface area contributed by atoms with Gasteiger partial charge in [0.2, 0.25) is 0 Å². The highest BCUT2D eigenvalue weighted by atomic mass is 16.5. The first-order chi connectivity index (χ1) is 10.2. The molecular weight excluding hydrogens is 266 g/mol. The van der Waals surface area contributed by atoms with Crippen molar-refractivity contribution >= 4 is 0 Å². The van der Waals surface area contributed by atoms with Gasteiger partial charge in [0.05, 0.1) is 14.2 Å². The van der Waals surface area contributed by atoms with Crippen LogP contribution in [0.15, 0.2) is 42.5 Å².